The van der Waals surface area contributed by atoms with Crippen molar-refractivity contribution in [3.8, 4) is 0 Å². The van der Waals surface area contributed by atoms with Crippen molar-refractivity contribution < 1.29 is 4.42 Å². The number of fused-ring (bicyclic) bond motifs is 3. The van der Waals surface area contributed by atoms with Crippen molar-refractivity contribution in [3.05, 3.63) is 33.5 Å². The SMILES string of the molecule is Brc1cnc2c(c1)oc1cc(Br)cnc12. The summed E-state index contributed by atoms with van der Waals surface area (Å²) in [6.07, 6.45) is 3.47. The van der Waals surface area contributed by atoms with E-state index in [1.165, 1.54) is 0 Å². The number of hydrogen-bond donors (Lipinski definition) is 0. The molecule has 3 aromatic rings. The minimum absolute atomic E-state index is 0.741. The first kappa shape index (κ1) is 9.30. The molecule has 3 nitrogen and oxygen atoms in total. The van der Waals surface area contributed by atoms with Crippen LogP contribution in [0.15, 0.2) is 37.9 Å². The van der Waals surface area contributed by atoms with Crippen molar-refractivity contribution in [2.24, 2.45) is 0 Å². The van der Waals surface area contributed by atoms with E-state index in [4.69, 9.17) is 4.42 Å². The molecule has 3 rings (SSSR count). The lowest BCUT2D eigenvalue weighted by molar-refractivity contribution is 0.666. The Hall–Kier alpha value is -0.940. The molecule has 0 unspecified atom stereocenters. The summed E-state index contributed by atoms with van der Waals surface area (Å²) in [5.74, 6) is 0. The number of furan rings is 1. The summed E-state index contributed by atoms with van der Waals surface area (Å²) in [5, 5.41) is 0. The fraction of sp³-hybridized carbons (Fsp3) is 0. The fourth-order valence-electron chi connectivity index (χ4n) is 1.47. The van der Waals surface area contributed by atoms with Crippen LogP contribution in [0.4, 0.5) is 0 Å². The number of rotatable bonds is 0. The van der Waals surface area contributed by atoms with Gasteiger partial charge in [0.05, 0.1) is 0 Å². The molecule has 0 saturated heterocycles. The van der Waals surface area contributed by atoms with Crippen LogP contribution >= 0.6 is 31.9 Å². The summed E-state index contributed by atoms with van der Waals surface area (Å²) >= 11 is 6.70. The van der Waals surface area contributed by atoms with Crippen LogP contribution in [0, 0.1) is 0 Å². The molecule has 0 bridgehead atoms. The number of hydrogen-bond acceptors (Lipinski definition) is 3. The molecule has 5 heteroatoms. The number of aromatic nitrogens is 2. The van der Waals surface area contributed by atoms with Gasteiger partial charge in [-0.25, -0.2) is 9.97 Å². The van der Waals surface area contributed by atoms with E-state index in [1.54, 1.807) is 12.4 Å². The Morgan fingerprint density at radius 3 is 1.80 bits per heavy atom. The highest BCUT2D eigenvalue weighted by molar-refractivity contribution is 9.10. The van der Waals surface area contributed by atoms with Gasteiger partial charge in [0.15, 0.2) is 11.2 Å². The maximum atomic E-state index is 5.63. The van der Waals surface area contributed by atoms with Gasteiger partial charge in [-0.3, -0.25) is 0 Å². The predicted octanol–water partition coefficient (Wildman–Crippen LogP) is 3.90. The molecule has 3 heterocycles. The first-order valence-electron chi connectivity index (χ1n) is 4.23. The van der Waals surface area contributed by atoms with Crippen molar-refractivity contribution in [1.82, 2.24) is 9.97 Å². The van der Waals surface area contributed by atoms with E-state index < -0.39 is 0 Å². The zero-order chi connectivity index (χ0) is 10.4. The molecule has 0 aliphatic heterocycles. The first-order chi connectivity index (χ1) is 7.24. The molecule has 0 spiro atoms. The van der Waals surface area contributed by atoms with E-state index in [9.17, 15) is 0 Å². The summed E-state index contributed by atoms with van der Waals surface area (Å²) in [6, 6.07) is 3.77. The Balaban J connectivity index is 2.51. The lowest BCUT2D eigenvalue weighted by atomic mass is 10.3. The van der Waals surface area contributed by atoms with Crippen LogP contribution in [0.25, 0.3) is 22.2 Å². The minimum atomic E-state index is 0.741. The van der Waals surface area contributed by atoms with Crippen molar-refractivity contribution in [2.75, 3.05) is 0 Å². The lowest BCUT2D eigenvalue weighted by Crippen LogP contribution is -1.77. The Morgan fingerprint density at radius 2 is 1.33 bits per heavy atom. The number of pyridine rings is 2. The molecule has 0 radical (unpaired) electrons. The van der Waals surface area contributed by atoms with Gasteiger partial charge in [-0.2, -0.15) is 0 Å². The highest BCUT2D eigenvalue weighted by Gasteiger charge is 2.09. The van der Waals surface area contributed by atoms with E-state index in [0.717, 1.165) is 31.1 Å². The van der Waals surface area contributed by atoms with Crippen LogP contribution in [0.1, 0.15) is 0 Å². The van der Waals surface area contributed by atoms with Gasteiger partial charge in [0.2, 0.25) is 0 Å². The Bertz CT molecular complexity index is 607. The van der Waals surface area contributed by atoms with Crippen molar-refractivity contribution in [1.29, 1.82) is 0 Å². The van der Waals surface area contributed by atoms with Gasteiger partial charge >= 0.3 is 0 Å². The van der Waals surface area contributed by atoms with Crippen LogP contribution in [-0.4, -0.2) is 9.97 Å². The predicted molar refractivity (Wildman–Crippen MR) is 64.7 cm³/mol. The summed E-state index contributed by atoms with van der Waals surface area (Å²) in [6.45, 7) is 0. The van der Waals surface area contributed by atoms with Crippen LogP contribution < -0.4 is 0 Å². The smallest absolute Gasteiger partial charge is 0.156 e. The third-order valence-corrected chi connectivity index (χ3v) is 2.95. The van der Waals surface area contributed by atoms with Crippen LogP contribution in [0.2, 0.25) is 0 Å². The second-order valence-corrected chi connectivity index (χ2v) is 4.93. The summed E-state index contributed by atoms with van der Waals surface area (Å²) in [7, 11) is 0. The molecule has 0 atom stereocenters. The van der Waals surface area contributed by atoms with E-state index >= 15 is 0 Å². The van der Waals surface area contributed by atoms with Gasteiger partial charge in [0.1, 0.15) is 11.0 Å². The topological polar surface area (TPSA) is 38.9 Å². The van der Waals surface area contributed by atoms with Gasteiger partial charge in [0, 0.05) is 21.3 Å². The van der Waals surface area contributed by atoms with Crippen LogP contribution in [-0.2, 0) is 0 Å². The quantitative estimate of drug-likeness (QED) is 0.628. The third kappa shape index (κ3) is 1.46. The Labute approximate surface area is 102 Å². The molecule has 0 aliphatic carbocycles. The molecule has 0 N–H and O–H groups in total. The molecule has 15 heavy (non-hydrogen) atoms. The molecule has 74 valence electrons. The van der Waals surface area contributed by atoms with E-state index in [0.29, 0.717) is 0 Å². The van der Waals surface area contributed by atoms with E-state index in [2.05, 4.69) is 41.8 Å². The highest BCUT2D eigenvalue weighted by atomic mass is 79.9. The Morgan fingerprint density at radius 1 is 0.867 bits per heavy atom. The van der Waals surface area contributed by atoms with Crippen molar-refractivity contribution >= 4 is 54.1 Å². The molecule has 0 amide bonds. The minimum Gasteiger partial charge on any atom is -0.453 e. The maximum Gasteiger partial charge on any atom is 0.156 e. The standard InChI is InChI=1S/C10H4Br2N2O/c11-5-1-7-9(13-3-5)10-8(15-7)2-6(12)4-14-10/h1-4H. The monoisotopic (exact) mass is 326 g/mol. The molecule has 0 saturated carbocycles. The highest BCUT2D eigenvalue weighted by Crippen LogP contribution is 2.28. The summed E-state index contributed by atoms with van der Waals surface area (Å²) < 4.78 is 7.42. The first-order valence-corrected chi connectivity index (χ1v) is 5.82. The van der Waals surface area contributed by atoms with Gasteiger partial charge in [0.25, 0.3) is 0 Å². The van der Waals surface area contributed by atoms with Gasteiger partial charge in [-0.05, 0) is 44.0 Å². The van der Waals surface area contributed by atoms with Crippen LogP contribution in [0.3, 0.4) is 0 Å². The van der Waals surface area contributed by atoms with Gasteiger partial charge in [-0.1, -0.05) is 0 Å². The molecule has 0 aromatic carbocycles. The Kier molecular flexibility index (Phi) is 2.03. The summed E-state index contributed by atoms with van der Waals surface area (Å²) in [5.41, 5.74) is 3.07. The molecular formula is C10H4Br2N2O. The lowest BCUT2D eigenvalue weighted by Gasteiger charge is -1.89. The maximum absolute atomic E-state index is 5.63. The van der Waals surface area contributed by atoms with Gasteiger partial charge < -0.3 is 4.42 Å². The normalized spacial score (nSPS) is 11.3. The second-order valence-electron chi connectivity index (χ2n) is 3.10. The van der Waals surface area contributed by atoms with Crippen LogP contribution in [0.5, 0.6) is 0 Å². The molecule has 0 fully saturated rings. The number of nitrogens with zero attached hydrogens (tertiary/aromatic N) is 2. The zero-order valence-corrected chi connectivity index (χ0v) is 10.5. The van der Waals surface area contributed by atoms with E-state index in [-0.39, 0.29) is 0 Å². The molecular weight excluding hydrogens is 324 g/mol. The average molecular weight is 328 g/mol. The van der Waals surface area contributed by atoms with Crippen molar-refractivity contribution in [3.63, 3.8) is 0 Å². The molecule has 3 aromatic heterocycles. The average Bonchev–Trinajstić information content (AvgIpc) is 2.53. The fourth-order valence-corrected chi connectivity index (χ4v) is 2.09. The third-order valence-electron chi connectivity index (χ3n) is 2.08. The number of halogens is 2. The van der Waals surface area contributed by atoms with E-state index in [1.807, 2.05) is 12.1 Å². The van der Waals surface area contributed by atoms with Gasteiger partial charge in [-0.15, -0.1) is 0 Å². The zero-order valence-electron chi connectivity index (χ0n) is 7.37. The summed E-state index contributed by atoms with van der Waals surface area (Å²) in [4.78, 5) is 8.56. The molecule has 0 aliphatic rings. The van der Waals surface area contributed by atoms with Crippen molar-refractivity contribution in [2.45, 2.75) is 0 Å². The largest absolute Gasteiger partial charge is 0.453 e. The second kappa shape index (κ2) is 3.28.